The molecule has 0 unspecified atom stereocenters. The fraction of sp³-hybridized carbons (Fsp3) is 0.222. The van der Waals surface area contributed by atoms with Crippen molar-refractivity contribution in [1.82, 2.24) is 14.5 Å². The van der Waals surface area contributed by atoms with Crippen LogP contribution in [0.15, 0.2) is 103 Å². The largest absolute Gasteiger partial charge is 0.457 e. The summed E-state index contributed by atoms with van der Waals surface area (Å²) in [5.41, 5.74) is 6.74. The van der Waals surface area contributed by atoms with Gasteiger partial charge < -0.3 is 4.74 Å². The van der Waals surface area contributed by atoms with E-state index in [4.69, 9.17) is 9.72 Å². The van der Waals surface area contributed by atoms with Gasteiger partial charge in [0.25, 0.3) is 0 Å². The monoisotopic (exact) mass is 525 g/mol. The van der Waals surface area contributed by atoms with Gasteiger partial charge in [-0.05, 0) is 76.6 Å². The molecule has 4 nitrogen and oxygen atoms in total. The number of para-hydroxylation sites is 1. The van der Waals surface area contributed by atoms with Gasteiger partial charge >= 0.3 is 0 Å². The average molecular weight is 526 g/mol. The Labute approximate surface area is 236 Å². The first-order chi connectivity index (χ1) is 19.1. The molecule has 0 N–H and O–H groups in total. The van der Waals surface area contributed by atoms with Crippen LogP contribution in [0.5, 0.6) is 11.5 Å². The van der Waals surface area contributed by atoms with Gasteiger partial charge in [-0.15, -0.1) is 0 Å². The third-order valence-corrected chi connectivity index (χ3v) is 7.48. The lowest BCUT2D eigenvalue weighted by atomic mass is 9.87. The molecule has 200 valence electrons. The number of ether oxygens (including phenoxy) is 1. The maximum Gasteiger partial charge on any atom is 0.137 e. The van der Waals surface area contributed by atoms with Crippen LogP contribution in [0.1, 0.15) is 52.7 Å². The highest BCUT2D eigenvalue weighted by Gasteiger charge is 2.18. The van der Waals surface area contributed by atoms with Crippen LogP contribution < -0.4 is 4.74 Å². The van der Waals surface area contributed by atoms with E-state index in [0.29, 0.717) is 0 Å². The molecule has 0 fully saturated rings. The normalized spacial score (nSPS) is 12.2. The van der Waals surface area contributed by atoms with E-state index in [1.165, 1.54) is 21.9 Å². The highest BCUT2D eigenvalue weighted by molar-refractivity contribution is 6.09. The van der Waals surface area contributed by atoms with Crippen molar-refractivity contribution in [2.24, 2.45) is 0 Å². The van der Waals surface area contributed by atoms with E-state index >= 15 is 0 Å². The lowest BCUT2D eigenvalue weighted by Crippen LogP contribution is -2.12. The van der Waals surface area contributed by atoms with Crippen molar-refractivity contribution in [1.29, 1.82) is 0 Å². The van der Waals surface area contributed by atoms with Gasteiger partial charge in [0.1, 0.15) is 17.3 Å². The van der Waals surface area contributed by atoms with Crippen molar-refractivity contribution in [2.75, 3.05) is 0 Å². The molecule has 3 heterocycles. The topological polar surface area (TPSA) is 39.9 Å². The maximum absolute atomic E-state index is 6.45. The molecule has 0 amide bonds. The summed E-state index contributed by atoms with van der Waals surface area (Å²) in [6.07, 6.45) is 3.80. The average Bonchev–Trinajstić information content (AvgIpc) is 3.26. The molecule has 3 aromatic heterocycles. The molecule has 0 aliphatic rings. The van der Waals surface area contributed by atoms with E-state index < -0.39 is 0 Å². The summed E-state index contributed by atoms with van der Waals surface area (Å²) < 4.78 is 8.69. The number of pyridine rings is 2. The van der Waals surface area contributed by atoms with E-state index in [-0.39, 0.29) is 10.8 Å². The van der Waals surface area contributed by atoms with Gasteiger partial charge in [-0.1, -0.05) is 71.9 Å². The highest BCUT2D eigenvalue weighted by Crippen LogP contribution is 2.36. The molecule has 0 atom stereocenters. The van der Waals surface area contributed by atoms with Crippen molar-refractivity contribution < 1.29 is 4.74 Å². The standard InChI is InChI=1S/C36H35N3O/c1-35(2,3)25-16-18-37-31(21-25)24-10-9-11-27(20-24)40-28-14-15-30-29-12-7-8-13-32(29)39(33(30)23-28)34-22-26(17-19-38-34)36(4,5)6/h7-23H,1-6H3. The molecule has 0 aliphatic carbocycles. The number of aromatic nitrogens is 3. The fourth-order valence-electron chi connectivity index (χ4n) is 5.18. The molecule has 0 saturated carbocycles. The summed E-state index contributed by atoms with van der Waals surface area (Å²) in [7, 11) is 0. The molecule has 0 saturated heterocycles. The van der Waals surface area contributed by atoms with Crippen LogP contribution in [-0.4, -0.2) is 14.5 Å². The van der Waals surface area contributed by atoms with Crippen LogP contribution >= 0.6 is 0 Å². The first-order valence-corrected chi connectivity index (χ1v) is 13.8. The Morgan fingerprint density at radius 3 is 2.02 bits per heavy atom. The Morgan fingerprint density at radius 2 is 1.25 bits per heavy atom. The molecule has 6 aromatic rings. The Bertz CT molecular complexity index is 1850. The third-order valence-electron chi connectivity index (χ3n) is 7.48. The number of nitrogens with zero attached hydrogens (tertiary/aromatic N) is 3. The quantitative estimate of drug-likeness (QED) is 0.230. The Kier molecular flexibility index (Phi) is 6.22. The SMILES string of the molecule is CC(C)(C)c1ccnc(-c2cccc(Oc3ccc4c5ccccc5n(-c5cc(C(C)(C)C)ccn5)c4c3)c2)c1. The number of hydrogen-bond donors (Lipinski definition) is 0. The van der Waals surface area contributed by atoms with Crippen LogP contribution in [0.25, 0.3) is 38.9 Å². The number of rotatable bonds is 4. The zero-order valence-corrected chi connectivity index (χ0v) is 24.1. The molecule has 0 radical (unpaired) electrons. The molecule has 0 aliphatic heterocycles. The van der Waals surface area contributed by atoms with Gasteiger partial charge in [0, 0.05) is 34.8 Å². The highest BCUT2D eigenvalue weighted by atomic mass is 16.5. The van der Waals surface area contributed by atoms with Gasteiger partial charge in [-0.3, -0.25) is 9.55 Å². The smallest absolute Gasteiger partial charge is 0.137 e. The van der Waals surface area contributed by atoms with Crippen molar-refractivity contribution in [3.8, 4) is 28.6 Å². The number of hydrogen-bond acceptors (Lipinski definition) is 3. The molecule has 6 rings (SSSR count). The van der Waals surface area contributed by atoms with Gasteiger partial charge in [-0.25, -0.2) is 4.98 Å². The van der Waals surface area contributed by atoms with Gasteiger partial charge in [-0.2, -0.15) is 0 Å². The Balaban J connectivity index is 1.42. The summed E-state index contributed by atoms with van der Waals surface area (Å²) >= 11 is 0. The Hall–Kier alpha value is -4.44. The maximum atomic E-state index is 6.45. The van der Waals surface area contributed by atoms with E-state index in [0.717, 1.165) is 39.6 Å². The molecule has 40 heavy (non-hydrogen) atoms. The summed E-state index contributed by atoms with van der Waals surface area (Å²) in [5.74, 6) is 2.45. The lowest BCUT2D eigenvalue weighted by Gasteiger charge is -2.20. The minimum absolute atomic E-state index is 0.0248. The molecule has 0 spiro atoms. The second-order valence-electron chi connectivity index (χ2n) is 12.5. The van der Waals surface area contributed by atoms with Crippen LogP contribution in [0.4, 0.5) is 0 Å². The van der Waals surface area contributed by atoms with Crippen LogP contribution in [0.3, 0.4) is 0 Å². The van der Waals surface area contributed by atoms with E-state index in [1.54, 1.807) is 0 Å². The van der Waals surface area contributed by atoms with Crippen molar-refractivity contribution in [3.05, 3.63) is 115 Å². The molecule has 0 bridgehead atoms. The van der Waals surface area contributed by atoms with Gasteiger partial charge in [0.2, 0.25) is 0 Å². The van der Waals surface area contributed by atoms with Crippen LogP contribution in [-0.2, 0) is 10.8 Å². The van der Waals surface area contributed by atoms with Crippen LogP contribution in [0.2, 0.25) is 0 Å². The minimum atomic E-state index is 0.0248. The van der Waals surface area contributed by atoms with Crippen molar-refractivity contribution >= 4 is 21.8 Å². The predicted octanol–water partition coefficient (Wildman–Crippen LogP) is 9.63. The summed E-state index contributed by atoms with van der Waals surface area (Å²) in [6, 6.07) is 31.5. The first kappa shape index (κ1) is 25.8. The zero-order valence-electron chi connectivity index (χ0n) is 24.1. The van der Waals surface area contributed by atoms with Gasteiger partial charge in [0.05, 0.1) is 16.7 Å². The zero-order chi connectivity index (χ0) is 28.1. The number of benzene rings is 3. The van der Waals surface area contributed by atoms with E-state index in [2.05, 4.69) is 124 Å². The van der Waals surface area contributed by atoms with E-state index in [1.807, 2.05) is 30.6 Å². The fourth-order valence-corrected chi connectivity index (χ4v) is 5.18. The predicted molar refractivity (Wildman–Crippen MR) is 166 cm³/mol. The van der Waals surface area contributed by atoms with Gasteiger partial charge in [0.15, 0.2) is 0 Å². The second-order valence-corrected chi connectivity index (χ2v) is 12.5. The summed E-state index contributed by atoms with van der Waals surface area (Å²) in [4.78, 5) is 9.43. The number of fused-ring (bicyclic) bond motifs is 3. The van der Waals surface area contributed by atoms with Crippen molar-refractivity contribution in [2.45, 2.75) is 52.4 Å². The third kappa shape index (κ3) is 4.86. The lowest BCUT2D eigenvalue weighted by molar-refractivity contribution is 0.483. The molecule has 4 heteroatoms. The minimum Gasteiger partial charge on any atom is -0.457 e. The summed E-state index contributed by atoms with van der Waals surface area (Å²) in [5, 5.41) is 2.36. The summed E-state index contributed by atoms with van der Waals surface area (Å²) in [6.45, 7) is 13.3. The molecule has 3 aromatic carbocycles. The molecular weight excluding hydrogens is 490 g/mol. The van der Waals surface area contributed by atoms with Crippen LogP contribution in [0, 0.1) is 0 Å². The van der Waals surface area contributed by atoms with E-state index in [9.17, 15) is 0 Å². The first-order valence-electron chi connectivity index (χ1n) is 13.8. The molecular formula is C36H35N3O. The second kappa shape index (κ2) is 9.63. The van der Waals surface area contributed by atoms with Crippen molar-refractivity contribution in [3.63, 3.8) is 0 Å². The Morgan fingerprint density at radius 1 is 0.575 bits per heavy atom.